The number of carbonyl (C=O) groups excluding carboxylic acids is 1. The van der Waals surface area contributed by atoms with Crippen molar-refractivity contribution in [2.24, 2.45) is 0 Å². The summed E-state index contributed by atoms with van der Waals surface area (Å²) in [5.74, 6) is 1.33. The van der Waals surface area contributed by atoms with E-state index >= 15 is 0 Å². The van der Waals surface area contributed by atoms with Crippen LogP contribution in [0.1, 0.15) is 18.6 Å². The maximum absolute atomic E-state index is 11.8. The Morgan fingerprint density at radius 2 is 2.16 bits per heavy atom. The summed E-state index contributed by atoms with van der Waals surface area (Å²) < 4.78 is 10.4. The lowest BCUT2D eigenvalue weighted by molar-refractivity contribution is -0.127. The quantitative estimate of drug-likeness (QED) is 0.881. The van der Waals surface area contributed by atoms with E-state index < -0.39 is 6.10 Å². The lowest BCUT2D eigenvalue weighted by Crippen LogP contribution is -2.35. The van der Waals surface area contributed by atoms with Crippen LogP contribution in [-0.4, -0.2) is 22.2 Å². The third-order valence-corrected chi connectivity index (χ3v) is 2.41. The summed E-state index contributed by atoms with van der Waals surface area (Å²) in [6, 6.07) is 9.17. The molecule has 0 saturated heterocycles. The zero-order valence-corrected chi connectivity index (χ0v) is 10.8. The van der Waals surface area contributed by atoms with E-state index in [9.17, 15) is 4.79 Å². The molecule has 2 aromatic rings. The van der Waals surface area contributed by atoms with Gasteiger partial charge in [-0.15, -0.1) is 0 Å². The molecule has 0 spiro atoms. The summed E-state index contributed by atoms with van der Waals surface area (Å²) in [6.45, 7) is 3.60. The number of nitrogens with zero attached hydrogens (tertiary/aromatic N) is 2. The Morgan fingerprint density at radius 3 is 2.79 bits per heavy atom. The van der Waals surface area contributed by atoms with Gasteiger partial charge in [0.1, 0.15) is 5.75 Å². The fourth-order valence-corrected chi connectivity index (χ4v) is 1.48. The zero-order valence-electron chi connectivity index (χ0n) is 10.8. The van der Waals surface area contributed by atoms with Gasteiger partial charge >= 0.3 is 0 Å². The van der Waals surface area contributed by atoms with Crippen LogP contribution in [0.25, 0.3) is 0 Å². The highest BCUT2D eigenvalue weighted by Crippen LogP contribution is 2.10. The molecule has 0 aliphatic heterocycles. The van der Waals surface area contributed by atoms with Gasteiger partial charge in [-0.2, -0.15) is 4.98 Å². The number of para-hydroxylation sites is 1. The van der Waals surface area contributed by atoms with Gasteiger partial charge in [0.25, 0.3) is 5.91 Å². The van der Waals surface area contributed by atoms with Crippen LogP contribution in [0.3, 0.4) is 0 Å². The maximum Gasteiger partial charge on any atom is 0.261 e. The van der Waals surface area contributed by atoms with Gasteiger partial charge in [0.15, 0.2) is 11.9 Å². The van der Waals surface area contributed by atoms with E-state index in [1.165, 1.54) is 0 Å². The van der Waals surface area contributed by atoms with Crippen molar-refractivity contribution in [1.29, 1.82) is 0 Å². The number of aromatic nitrogens is 2. The first-order valence-electron chi connectivity index (χ1n) is 5.94. The molecule has 1 heterocycles. The molecule has 1 amide bonds. The Labute approximate surface area is 110 Å². The summed E-state index contributed by atoms with van der Waals surface area (Å²) in [5.41, 5.74) is 0. The van der Waals surface area contributed by atoms with Gasteiger partial charge in [-0.05, 0) is 26.0 Å². The van der Waals surface area contributed by atoms with Gasteiger partial charge in [0.2, 0.25) is 5.89 Å². The molecule has 0 saturated carbocycles. The monoisotopic (exact) mass is 261 g/mol. The molecule has 100 valence electrons. The summed E-state index contributed by atoms with van der Waals surface area (Å²) in [4.78, 5) is 15.8. The minimum absolute atomic E-state index is 0.197. The molecule has 19 heavy (non-hydrogen) atoms. The number of hydrogen-bond donors (Lipinski definition) is 1. The van der Waals surface area contributed by atoms with Crippen LogP contribution in [-0.2, 0) is 11.3 Å². The molecule has 1 aromatic carbocycles. The average molecular weight is 261 g/mol. The van der Waals surface area contributed by atoms with Gasteiger partial charge < -0.3 is 14.6 Å². The van der Waals surface area contributed by atoms with Gasteiger partial charge in [-0.25, -0.2) is 0 Å². The molecule has 2 rings (SSSR count). The lowest BCUT2D eigenvalue weighted by Gasteiger charge is -2.13. The predicted octanol–water partition coefficient (Wildman–Crippen LogP) is 1.46. The highest BCUT2D eigenvalue weighted by Gasteiger charge is 2.15. The van der Waals surface area contributed by atoms with E-state index in [-0.39, 0.29) is 12.5 Å². The molecule has 6 nitrogen and oxygen atoms in total. The third kappa shape index (κ3) is 3.80. The second-order valence-corrected chi connectivity index (χ2v) is 4.03. The molecule has 0 aliphatic rings. The van der Waals surface area contributed by atoms with Crippen LogP contribution in [0.15, 0.2) is 34.9 Å². The van der Waals surface area contributed by atoms with Crippen molar-refractivity contribution < 1.29 is 14.1 Å². The van der Waals surface area contributed by atoms with Crippen molar-refractivity contribution in [3.05, 3.63) is 42.0 Å². The molecule has 0 bridgehead atoms. The van der Waals surface area contributed by atoms with Crippen molar-refractivity contribution in [2.45, 2.75) is 26.5 Å². The van der Waals surface area contributed by atoms with E-state index in [4.69, 9.17) is 9.26 Å². The molecule has 0 aliphatic carbocycles. The van der Waals surface area contributed by atoms with E-state index in [2.05, 4.69) is 15.5 Å². The summed E-state index contributed by atoms with van der Waals surface area (Å²) in [7, 11) is 0. The number of benzene rings is 1. The van der Waals surface area contributed by atoms with Crippen LogP contribution in [0.2, 0.25) is 0 Å². The van der Waals surface area contributed by atoms with Crippen LogP contribution >= 0.6 is 0 Å². The van der Waals surface area contributed by atoms with Crippen LogP contribution in [0, 0.1) is 6.92 Å². The fourth-order valence-electron chi connectivity index (χ4n) is 1.48. The molecule has 0 radical (unpaired) electrons. The average Bonchev–Trinajstić information content (AvgIpc) is 2.83. The van der Waals surface area contributed by atoms with Crippen molar-refractivity contribution in [2.75, 3.05) is 0 Å². The second kappa shape index (κ2) is 5.99. The van der Waals surface area contributed by atoms with E-state index in [0.29, 0.717) is 17.5 Å². The lowest BCUT2D eigenvalue weighted by atomic mass is 10.3. The number of ether oxygens (including phenoxy) is 1. The van der Waals surface area contributed by atoms with Gasteiger partial charge in [0.05, 0.1) is 6.54 Å². The number of carbonyl (C=O) groups is 1. The topological polar surface area (TPSA) is 77.2 Å². The predicted molar refractivity (Wildman–Crippen MR) is 67.4 cm³/mol. The van der Waals surface area contributed by atoms with Gasteiger partial charge in [-0.1, -0.05) is 23.4 Å². The molecule has 1 N–H and O–H groups in total. The minimum Gasteiger partial charge on any atom is -0.481 e. The summed E-state index contributed by atoms with van der Waals surface area (Å²) >= 11 is 0. The fraction of sp³-hybridized carbons (Fsp3) is 0.308. The Balaban J connectivity index is 1.82. The number of amides is 1. The standard InChI is InChI=1S/C13H15N3O3/c1-9(18-11-6-4-3-5-7-11)13(17)14-8-12-15-10(2)16-19-12/h3-7,9H,8H2,1-2H3,(H,14,17). The Hall–Kier alpha value is -2.37. The van der Waals surface area contributed by atoms with Gasteiger partial charge in [-0.3, -0.25) is 4.79 Å². The first kappa shape index (κ1) is 13.1. The molecule has 0 fully saturated rings. The Morgan fingerprint density at radius 1 is 1.42 bits per heavy atom. The van der Waals surface area contributed by atoms with E-state index in [1.54, 1.807) is 26.0 Å². The first-order chi connectivity index (χ1) is 9.15. The molecular formula is C13H15N3O3. The Kier molecular flexibility index (Phi) is 4.12. The van der Waals surface area contributed by atoms with Crippen LogP contribution in [0.5, 0.6) is 5.75 Å². The Bertz CT molecular complexity index is 539. The van der Waals surface area contributed by atoms with Crippen molar-refractivity contribution in [3.8, 4) is 5.75 Å². The zero-order chi connectivity index (χ0) is 13.7. The first-order valence-corrected chi connectivity index (χ1v) is 5.94. The number of rotatable bonds is 5. The van der Waals surface area contributed by atoms with E-state index in [1.807, 2.05) is 18.2 Å². The SMILES string of the molecule is Cc1noc(CNC(=O)C(C)Oc2ccccc2)n1. The highest BCUT2D eigenvalue weighted by atomic mass is 16.5. The number of nitrogens with one attached hydrogen (secondary N) is 1. The maximum atomic E-state index is 11.8. The van der Waals surface area contributed by atoms with Gasteiger partial charge in [0, 0.05) is 0 Å². The summed E-state index contributed by atoms with van der Waals surface area (Å²) in [5, 5.41) is 6.31. The third-order valence-electron chi connectivity index (χ3n) is 2.41. The molecule has 6 heteroatoms. The number of hydrogen-bond acceptors (Lipinski definition) is 5. The molecule has 1 atom stereocenters. The normalized spacial score (nSPS) is 11.9. The number of aryl methyl sites for hydroxylation is 1. The molecule has 1 unspecified atom stereocenters. The minimum atomic E-state index is -0.591. The van der Waals surface area contributed by atoms with E-state index in [0.717, 1.165) is 0 Å². The summed E-state index contributed by atoms with van der Waals surface area (Å²) in [6.07, 6.45) is -0.591. The smallest absolute Gasteiger partial charge is 0.261 e. The largest absolute Gasteiger partial charge is 0.481 e. The second-order valence-electron chi connectivity index (χ2n) is 4.03. The molecular weight excluding hydrogens is 246 g/mol. The van der Waals surface area contributed by atoms with Crippen molar-refractivity contribution in [3.63, 3.8) is 0 Å². The van der Waals surface area contributed by atoms with Crippen molar-refractivity contribution in [1.82, 2.24) is 15.5 Å². The highest BCUT2D eigenvalue weighted by molar-refractivity contribution is 5.80. The van der Waals surface area contributed by atoms with Crippen molar-refractivity contribution >= 4 is 5.91 Å². The van der Waals surface area contributed by atoms with Crippen LogP contribution < -0.4 is 10.1 Å². The molecule has 1 aromatic heterocycles. The van der Waals surface area contributed by atoms with Crippen LogP contribution in [0.4, 0.5) is 0 Å².